The Labute approximate surface area is 118 Å². The van der Waals surface area contributed by atoms with Crippen molar-refractivity contribution in [1.82, 2.24) is 5.32 Å². The zero-order valence-corrected chi connectivity index (χ0v) is 11.8. The van der Waals surface area contributed by atoms with Crippen molar-refractivity contribution < 1.29 is 19.1 Å². The van der Waals surface area contributed by atoms with Gasteiger partial charge >= 0.3 is 0 Å². The van der Waals surface area contributed by atoms with E-state index in [1.165, 1.54) is 7.11 Å². The highest BCUT2D eigenvalue weighted by Gasteiger charge is 2.23. The molecule has 5 heteroatoms. The Hall–Kier alpha value is -2.04. The number of Topliss-reactive ketones (excluding diaryl/α,β-unsaturated/α-hetero) is 1. The maximum atomic E-state index is 12.0. The minimum Gasteiger partial charge on any atom is -0.493 e. The lowest BCUT2D eigenvalue weighted by atomic mass is 10.1. The van der Waals surface area contributed by atoms with Gasteiger partial charge in [0.05, 0.1) is 14.2 Å². The van der Waals surface area contributed by atoms with Crippen molar-refractivity contribution in [3.8, 4) is 11.5 Å². The average Bonchev–Trinajstić information content (AvgIpc) is 3.27. The fraction of sp³-hybridized carbons (Fsp3) is 0.467. The number of hydrogen-bond acceptors (Lipinski definition) is 4. The highest BCUT2D eigenvalue weighted by atomic mass is 16.5. The molecule has 0 aromatic heterocycles. The van der Waals surface area contributed by atoms with Crippen LogP contribution in [0.4, 0.5) is 0 Å². The minimum atomic E-state index is -0.0723. The maximum absolute atomic E-state index is 12.0. The first-order valence-corrected chi connectivity index (χ1v) is 6.68. The molecule has 1 amide bonds. The predicted octanol–water partition coefficient (Wildman–Crippen LogP) is 1.95. The molecule has 1 aromatic carbocycles. The van der Waals surface area contributed by atoms with E-state index >= 15 is 0 Å². The van der Waals surface area contributed by atoms with Crippen LogP contribution in [-0.4, -0.2) is 32.0 Å². The summed E-state index contributed by atoms with van der Waals surface area (Å²) in [7, 11) is 3.07. The molecule has 0 bridgehead atoms. The SMILES string of the molecule is COc1ccc(C(=O)CCC(=O)NC2CC2)cc1OC. The molecule has 0 aliphatic heterocycles. The van der Waals surface area contributed by atoms with Gasteiger partial charge in [0.2, 0.25) is 5.91 Å². The molecular weight excluding hydrogens is 258 g/mol. The molecule has 1 aliphatic rings. The van der Waals surface area contributed by atoms with Crippen LogP contribution in [0.3, 0.4) is 0 Å². The van der Waals surface area contributed by atoms with E-state index in [9.17, 15) is 9.59 Å². The largest absolute Gasteiger partial charge is 0.493 e. The van der Waals surface area contributed by atoms with Crippen LogP contribution in [0, 0.1) is 0 Å². The van der Waals surface area contributed by atoms with Crippen molar-refractivity contribution in [2.24, 2.45) is 0 Å². The van der Waals surface area contributed by atoms with Crippen molar-refractivity contribution in [2.75, 3.05) is 14.2 Å². The number of hydrogen-bond donors (Lipinski definition) is 1. The molecular formula is C15H19NO4. The number of carbonyl (C=O) groups excluding carboxylic acids is 2. The first-order chi connectivity index (χ1) is 9.63. The summed E-state index contributed by atoms with van der Waals surface area (Å²) in [5, 5.41) is 2.87. The number of ether oxygens (including phenoxy) is 2. The number of carbonyl (C=O) groups is 2. The van der Waals surface area contributed by atoms with Crippen LogP contribution >= 0.6 is 0 Å². The smallest absolute Gasteiger partial charge is 0.220 e. The van der Waals surface area contributed by atoms with E-state index < -0.39 is 0 Å². The van der Waals surface area contributed by atoms with Crippen LogP contribution in [0.15, 0.2) is 18.2 Å². The Balaban J connectivity index is 1.92. The second-order valence-corrected chi connectivity index (χ2v) is 4.83. The average molecular weight is 277 g/mol. The molecule has 0 saturated heterocycles. The summed E-state index contributed by atoms with van der Waals surface area (Å²) in [5.74, 6) is 0.967. The van der Waals surface area contributed by atoms with Gasteiger partial charge in [-0.2, -0.15) is 0 Å². The van der Waals surface area contributed by atoms with E-state index in [2.05, 4.69) is 5.32 Å². The number of rotatable bonds is 7. The van der Waals surface area contributed by atoms with E-state index in [1.54, 1.807) is 25.3 Å². The molecule has 1 aliphatic carbocycles. The lowest BCUT2D eigenvalue weighted by Gasteiger charge is -2.09. The maximum Gasteiger partial charge on any atom is 0.220 e. The molecule has 1 aromatic rings. The minimum absolute atomic E-state index is 0.0543. The van der Waals surface area contributed by atoms with Gasteiger partial charge in [-0.3, -0.25) is 9.59 Å². The summed E-state index contributed by atoms with van der Waals surface area (Å²) in [4.78, 5) is 23.6. The van der Waals surface area contributed by atoms with Gasteiger partial charge < -0.3 is 14.8 Å². The summed E-state index contributed by atoms with van der Waals surface area (Å²) >= 11 is 0. The van der Waals surface area contributed by atoms with Gasteiger partial charge in [-0.15, -0.1) is 0 Å². The topological polar surface area (TPSA) is 64.6 Å². The molecule has 20 heavy (non-hydrogen) atoms. The van der Waals surface area contributed by atoms with E-state index in [1.807, 2.05) is 0 Å². The Morgan fingerprint density at radius 1 is 1.15 bits per heavy atom. The van der Waals surface area contributed by atoms with Crippen LogP contribution in [-0.2, 0) is 4.79 Å². The van der Waals surface area contributed by atoms with Crippen molar-refractivity contribution in [3.63, 3.8) is 0 Å². The third-order valence-electron chi connectivity index (χ3n) is 3.23. The first-order valence-electron chi connectivity index (χ1n) is 6.68. The Morgan fingerprint density at radius 3 is 2.45 bits per heavy atom. The molecule has 2 rings (SSSR count). The van der Waals surface area contributed by atoms with Crippen molar-refractivity contribution >= 4 is 11.7 Å². The number of benzene rings is 1. The highest BCUT2D eigenvalue weighted by molar-refractivity contribution is 5.98. The summed E-state index contributed by atoms with van der Waals surface area (Å²) in [5.41, 5.74) is 0.530. The van der Waals surface area contributed by atoms with Gasteiger partial charge in [0.15, 0.2) is 17.3 Å². The van der Waals surface area contributed by atoms with Gasteiger partial charge in [-0.1, -0.05) is 0 Å². The molecule has 0 spiro atoms. The van der Waals surface area contributed by atoms with Gasteiger partial charge in [0, 0.05) is 24.4 Å². The quantitative estimate of drug-likeness (QED) is 0.774. The third-order valence-corrected chi connectivity index (χ3v) is 3.23. The van der Waals surface area contributed by atoms with Gasteiger partial charge in [0.25, 0.3) is 0 Å². The third kappa shape index (κ3) is 3.73. The van der Waals surface area contributed by atoms with E-state index in [4.69, 9.17) is 9.47 Å². The fourth-order valence-electron chi connectivity index (χ4n) is 1.91. The van der Waals surface area contributed by atoms with E-state index in [0.29, 0.717) is 23.1 Å². The second kappa shape index (κ2) is 6.41. The number of amides is 1. The lowest BCUT2D eigenvalue weighted by molar-refractivity contribution is -0.121. The molecule has 0 radical (unpaired) electrons. The number of methoxy groups -OCH3 is 2. The van der Waals surface area contributed by atoms with Gasteiger partial charge in [0.1, 0.15) is 0 Å². The van der Waals surface area contributed by atoms with Crippen molar-refractivity contribution in [2.45, 2.75) is 31.7 Å². The van der Waals surface area contributed by atoms with E-state index in [-0.39, 0.29) is 24.5 Å². The molecule has 0 unspecified atom stereocenters. The number of nitrogens with one attached hydrogen (secondary N) is 1. The monoisotopic (exact) mass is 277 g/mol. The lowest BCUT2D eigenvalue weighted by Crippen LogP contribution is -2.25. The Bertz CT molecular complexity index is 509. The molecule has 108 valence electrons. The second-order valence-electron chi connectivity index (χ2n) is 4.83. The molecule has 1 N–H and O–H groups in total. The fourth-order valence-corrected chi connectivity index (χ4v) is 1.91. The van der Waals surface area contributed by atoms with Crippen molar-refractivity contribution in [1.29, 1.82) is 0 Å². The molecule has 0 atom stereocenters. The molecule has 1 saturated carbocycles. The van der Waals surface area contributed by atoms with Crippen LogP contribution in [0.2, 0.25) is 0 Å². The van der Waals surface area contributed by atoms with Crippen LogP contribution < -0.4 is 14.8 Å². The number of ketones is 1. The Morgan fingerprint density at radius 2 is 1.85 bits per heavy atom. The van der Waals surface area contributed by atoms with Gasteiger partial charge in [-0.25, -0.2) is 0 Å². The highest BCUT2D eigenvalue weighted by Crippen LogP contribution is 2.28. The predicted molar refractivity (Wildman–Crippen MR) is 74.3 cm³/mol. The van der Waals surface area contributed by atoms with Crippen LogP contribution in [0.25, 0.3) is 0 Å². The normalized spacial score (nSPS) is 13.7. The van der Waals surface area contributed by atoms with E-state index in [0.717, 1.165) is 12.8 Å². The summed E-state index contributed by atoms with van der Waals surface area (Å²) in [6.45, 7) is 0. The first kappa shape index (κ1) is 14.4. The zero-order valence-electron chi connectivity index (χ0n) is 11.8. The van der Waals surface area contributed by atoms with Crippen LogP contribution in [0.5, 0.6) is 11.5 Å². The molecule has 0 heterocycles. The summed E-state index contributed by atoms with van der Waals surface area (Å²) in [6.07, 6.45) is 2.53. The zero-order chi connectivity index (χ0) is 14.5. The van der Waals surface area contributed by atoms with Crippen molar-refractivity contribution in [3.05, 3.63) is 23.8 Å². The molecule has 1 fully saturated rings. The van der Waals surface area contributed by atoms with Crippen LogP contribution in [0.1, 0.15) is 36.0 Å². The standard InChI is InChI=1S/C15H19NO4/c1-19-13-7-3-10(9-14(13)20-2)12(17)6-8-15(18)16-11-4-5-11/h3,7,9,11H,4-6,8H2,1-2H3,(H,16,18). The summed E-state index contributed by atoms with van der Waals surface area (Å²) in [6, 6.07) is 5.34. The van der Waals surface area contributed by atoms with Gasteiger partial charge in [-0.05, 0) is 31.0 Å². The molecule has 5 nitrogen and oxygen atoms in total. The Kier molecular flexibility index (Phi) is 4.61. The summed E-state index contributed by atoms with van der Waals surface area (Å²) < 4.78 is 10.3.